The number of rotatable bonds is 3. The van der Waals surface area contributed by atoms with Crippen LogP contribution < -0.4 is 5.73 Å². The fourth-order valence-electron chi connectivity index (χ4n) is 1.68. The predicted molar refractivity (Wildman–Crippen MR) is 57.2 cm³/mol. The lowest BCUT2D eigenvalue weighted by Crippen LogP contribution is -2.32. The Balaban J connectivity index is 2.24. The van der Waals surface area contributed by atoms with Gasteiger partial charge in [-0.15, -0.1) is 0 Å². The molecule has 0 spiro atoms. The smallest absolute Gasteiger partial charge is 0.361 e. The average Bonchev–Trinajstić information content (AvgIpc) is 2.72. The fraction of sp³-hybridized carbons (Fsp3) is 0.182. The van der Waals surface area contributed by atoms with Crippen molar-refractivity contribution in [3.63, 3.8) is 0 Å². The zero-order chi connectivity index (χ0) is 11.5. The molecule has 16 heavy (non-hydrogen) atoms. The molecular weight excluding hydrogens is 211 g/mol. The summed E-state index contributed by atoms with van der Waals surface area (Å²) in [6.07, 6.45) is 2.00. The van der Waals surface area contributed by atoms with E-state index in [0.29, 0.717) is 0 Å². The van der Waals surface area contributed by atoms with E-state index in [1.165, 1.54) is 0 Å². The van der Waals surface area contributed by atoms with Crippen molar-refractivity contribution in [1.29, 1.82) is 0 Å². The summed E-state index contributed by atoms with van der Waals surface area (Å²) in [5.74, 6) is -1.05. The summed E-state index contributed by atoms with van der Waals surface area (Å²) in [5.41, 5.74) is 7.31. The summed E-state index contributed by atoms with van der Waals surface area (Å²) in [7, 11) is 0. The molecule has 0 radical (unpaired) electrons. The zero-order valence-corrected chi connectivity index (χ0v) is 8.44. The SMILES string of the molecule is N[C@@H](Cc1c[nH]c2ccccc12)C(=O)OF. The van der Waals surface area contributed by atoms with Gasteiger partial charge in [0.2, 0.25) is 0 Å². The number of H-pyrrole nitrogens is 1. The molecule has 0 aliphatic heterocycles. The molecule has 1 heterocycles. The van der Waals surface area contributed by atoms with Crippen LogP contribution in [0.3, 0.4) is 0 Å². The molecule has 0 amide bonds. The molecule has 2 rings (SSSR count). The van der Waals surface area contributed by atoms with Crippen LogP contribution in [0.5, 0.6) is 0 Å². The Morgan fingerprint density at radius 2 is 2.25 bits per heavy atom. The van der Waals surface area contributed by atoms with Crippen LogP contribution in [0.15, 0.2) is 30.5 Å². The largest absolute Gasteiger partial charge is 0.365 e. The molecule has 0 aliphatic carbocycles. The molecule has 1 aromatic heterocycles. The quantitative estimate of drug-likeness (QED) is 0.826. The first-order valence-corrected chi connectivity index (χ1v) is 4.85. The number of nitrogens with two attached hydrogens (primary N) is 1. The van der Waals surface area contributed by atoms with E-state index in [4.69, 9.17) is 5.73 Å². The first-order valence-electron chi connectivity index (χ1n) is 4.85. The number of hydrogen-bond donors (Lipinski definition) is 2. The van der Waals surface area contributed by atoms with Crippen LogP contribution in [0.1, 0.15) is 5.56 Å². The molecule has 0 unspecified atom stereocenters. The summed E-state index contributed by atoms with van der Waals surface area (Å²) >= 11 is 0. The van der Waals surface area contributed by atoms with Crippen molar-refractivity contribution in [3.05, 3.63) is 36.0 Å². The summed E-state index contributed by atoms with van der Waals surface area (Å²) in [5, 5.41) is 0.976. The summed E-state index contributed by atoms with van der Waals surface area (Å²) in [4.78, 5) is 17.0. The highest BCUT2D eigenvalue weighted by Crippen LogP contribution is 2.18. The molecule has 5 heteroatoms. The molecule has 1 aromatic carbocycles. The van der Waals surface area contributed by atoms with E-state index in [9.17, 15) is 9.32 Å². The van der Waals surface area contributed by atoms with Crippen LogP contribution in [0, 0.1) is 0 Å². The summed E-state index contributed by atoms with van der Waals surface area (Å²) < 4.78 is 11.6. The highest BCUT2D eigenvalue weighted by atomic mass is 19.3. The number of carbonyl (C=O) groups excluding carboxylic acids is 1. The highest BCUT2D eigenvalue weighted by Gasteiger charge is 2.18. The number of aromatic amines is 1. The Kier molecular flexibility index (Phi) is 2.87. The predicted octanol–water partition coefficient (Wildman–Crippen LogP) is 1.47. The lowest BCUT2D eigenvalue weighted by atomic mass is 10.1. The van der Waals surface area contributed by atoms with Gasteiger partial charge in [-0.2, -0.15) is 0 Å². The van der Waals surface area contributed by atoms with Gasteiger partial charge in [-0.05, 0) is 11.6 Å². The Morgan fingerprint density at radius 1 is 1.50 bits per heavy atom. The Labute approximate surface area is 91.1 Å². The molecule has 0 fully saturated rings. The Morgan fingerprint density at radius 3 is 3.00 bits per heavy atom. The lowest BCUT2D eigenvalue weighted by Gasteiger charge is -2.05. The zero-order valence-electron chi connectivity index (χ0n) is 8.44. The molecule has 84 valence electrons. The van der Waals surface area contributed by atoms with Gasteiger partial charge in [0.05, 0.1) is 0 Å². The van der Waals surface area contributed by atoms with E-state index in [2.05, 4.69) is 9.93 Å². The lowest BCUT2D eigenvalue weighted by molar-refractivity contribution is -0.185. The molecule has 0 bridgehead atoms. The van der Waals surface area contributed by atoms with Gasteiger partial charge in [-0.3, -0.25) is 4.94 Å². The van der Waals surface area contributed by atoms with Gasteiger partial charge < -0.3 is 10.7 Å². The number of fused-ring (bicyclic) bond motifs is 1. The molecule has 4 nitrogen and oxygen atoms in total. The number of aromatic nitrogens is 1. The van der Waals surface area contributed by atoms with Crippen molar-refractivity contribution in [2.75, 3.05) is 0 Å². The van der Waals surface area contributed by atoms with E-state index >= 15 is 0 Å². The van der Waals surface area contributed by atoms with Gasteiger partial charge in [-0.1, -0.05) is 18.2 Å². The maximum atomic E-state index is 11.6. The third-order valence-corrected chi connectivity index (χ3v) is 2.49. The molecule has 0 saturated heterocycles. The van der Waals surface area contributed by atoms with Crippen LogP contribution in [-0.2, 0) is 16.2 Å². The molecule has 0 saturated carbocycles. The van der Waals surface area contributed by atoms with E-state index in [-0.39, 0.29) is 6.42 Å². The number of para-hydroxylation sites is 1. The van der Waals surface area contributed by atoms with Crippen molar-refractivity contribution in [3.8, 4) is 0 Å². The third-order valence-electron chi connectivity index (χ3n) is 2.49. The number of nitrogens with one attached hydrogen (secondary N) is 1. The second kappa shape index (κ2) is 4.32. The molecular formula is C11H11FN2O2. The van der Waals surface area contributed by atoms with Crippen LogP contribution in [0.2, 0.25) is 0 Å². The molecule has 2 aromatic rings. The molecule has 0 aliphatic rings. The second-order valence-corrected chi connectivity index (χ2v) is 3.57. The van der Waals surface area contributed by atoms with Crippen molar-refractivity contribution in [2.45, 2.75) is 12.5 Å². The van der Waals surface area contributed by atoms with Gasteiger partial charge >= 0.3 is 5.97 Å². The average molecular weight is 222 g/mol. The van der Waals surface area contributed by atoms with Crippen molar-refractivity contribution in [1.82, 2.24) is 4.98 Å². The van der Waals surface area contributed by atoms with Gasteiger partial charge in [0, 0.05) is 28.0 Å². The number of halogens is 1. The monoisotopic (exact) mass is 222 g/mol. The minimum Gasteiger partial charge on any atom is -0.361 e. The Bertz CT molecular complexity index is 509. The van der Waals surface area contributed by atoms with Gasteiger partial charge in [0.15, 0.2) is 0 Å². The standard InChI is InChI=1S/C11H11FN2O2/c12-16-11(15)9(13)5-7-6-14-10-4-2-1-3-8(7)10/h1-4,6,9,14H,5,13H2/t9-/m0/s1. The fourth-order valence-corrected chi connectivity index (χ4v) is 1.68. The minimum absolute atomic E-state index is 0.243. The van der Waals surface area contributed by atoms with Crippen LogP contribution >= 0.6 is 0 Å². The van der Waals surface area contributed by atoms with E-state index < -0.39 is 12.0 Å². The van der Waals surface area contributed by atoms with E-state index in [1.807, 2.05) is 24.3 Å². The highest BCUT2D eigenvalue weighted by molar-refractivity contribution is 5.84. The number of benzene rings is 1. The minimum atomic E-state index is -1.05. The number of carbonyl (C=O) groups is 1. The van der Waals surface area contributed by atoms with Crippen molar-refractivity contribution >= 4 is 16.9 Å². The summed E-state index contributed by atoms with van der Waals surface area (Å²) in [6, 6.07) is 6.63. The topological polar surface area (TPSA) is 68.1 Å². The number of hydrogen-bond acceptors (Lipinski definition) is 3. The van der Waals surface area contributed by atoms with E-state index in [0.717, 1.165) is 16.5 Å². The van der Waals surface area contributed by atoms with E-state index in [1.54, 1.807) is 6.20 Å². The van der Waals surface area contributed by atoms with Crippen LogP contribution in [-0.4, -0.2) is 17.0 Å². The normalized spacial score (nSPS) is 12.6. The second-order valence-electron chi connectivity index (χ2n) is 3.57. The molecule has 1 atom stereocenters. The van der Waals surface area contributed by atoms with Crippen molar-refractivity contribution < 1.29 is 14.3 Å². The first kappa shape index (κ1) is 10.6. The maximum Gasteiger partial charge on any atom is 0.365 e. The molecule has 3 N–H and O–H groups in total. The summed E-state index contributed by atoms with van der Waals surface area (Å²) in [6.45, 7) is 0. The van der Waals surface area contributed by atoms with Gasteiger partial charge in [0.1, 0.15) is 6.04 Å². The third kappa shape index (κ3) is 1.90. The van der Waals surface area contributed by atoms with Crippen molar-refractivity contribution in [2.24, 2.45) is 5.73 Å². The van der Waals surface area contributed by atoms with Crippen LogP contribution in [0.25, 0.3) is 10.9 Å². The van der Waals surface area contributed by atoms with Gasteiger partial charge in [0.25, 0.3) is 0 Å². The maximum absolute atomic E-state index is 11.6. The Hall–Kier alpha value is -1.88. The van der Waals surface area contributed by atoms with Crippen LogP contribution in [0.4, 0.5) is 4.53 Å². The van der Waals surface area contributed by atoms with Gasteiger partial charge in [-0.25, -0.2) is 4.79 Å². The first-order chi connectivity index (χ1) is 7.72.